The van der Waals surface area contributed by atoms with E-state index < -0.39 is 0 Å². The van der Waals surface area contributed by atoms with Gasteiger partial charge in [-0.05, 0) is 98.8 Å². The first-order valence-electron chi connectivity index (χ1n) is 8.99. The second-order valence-corrected chi connectivity index (χ2v) is 19.4. The molecule has 0 spiro atoms. The molecule has 0 saturated carbocycles. The lowest BCUT2D eigenvalue weighted by Gasteiger charge is -1.86. The molecule has 0 fully saturated rings. The maximum atomic E-state index is 3.17. The summed E-state index contributed by atoms with van der Waals surface area (Å²) in [7, 11) is 0. The molecule has 0 aromatic carbocycles. The molecule has 8 heteroatoms. The highest BCUT2D eigenvalue weighted by molar-refractivity contribution is 9.93. The summed E-state index contributed by atoms with van der Waals surface area (Å²) in [6.07, 6.45) is 0. The molecule has 0 radical (unpaired) electrons. The Hall–Kier alpha value is 1.71. The van der Waals surface area contributed by atoms with E-state index in [0.29, 0.717) is 0 Å². The van der Waals surface area contributed by atoms with Gasteiger partial charge in [0.05, 0.1) is 0 Å². The smallest absolute Gasteiger partial charge is 0.103 e. The van der Waals surface area contributed by atoms with E-state index in [0.717, 1.165) is 52.4 Å². The highest BCUT2D eigenvalue weighted by Crippen LogP contribution is 2.59. The molecule has 0 saturated heterocycles. The molecule has 0 aromatic rings. The van der Waals surface area contributed by atoms with Gasteiger partial charge in [0.1, 0.15) is 4.03 Å². The van der Waals surface area contributed by atoms with Crippen molar-refractivity contribution in [2.24, 2.45) is 0 Å². The predicted molar refractivity (Wildman–Crippen MR) is 131 cm³/mol. The topological polar surface area (TPSA) is 48.1 Å². The van der Waals surface area contributed by atoms with Crippen molar-refractivity contribution in [3.05, 3.63) is 0 Å². The summed E-state index contributed by atoms with van der Waals surface area (Å²) < 4.78 is -0.183. The lowest BCUT2D eigenvalue weighted by Crippen LogP contribution is -2.09. The number of rotatable bonds is 8. The van der Waals surface area contributed by atoms with E-state index in [4.69, 9.17) is 0 Å². The van der Waals surface area contributed by atoms with Crippen molar-refractivity contribution < 1.29 is 0 Å². The zero-order valence-electron chi connectivity index (χ0n) is 17.2. The molecule has 4 N–H and O–H groups in total. The largest absolute Gasteiger partial charge is 0.317 e. The Bertz CT molecular complexity index is 114. The lowest BCUT2D eigenvalue weighted by atomic mass is 10.7. The molecule has 0 amide bonds. The Labute approximate surface area is 178 Å². The van der Waals surface area contributed by atoms with Crippen LogP contribution in [0.2, 0.25) is 0 Å². The van der Waals surface area contributed by atoms with Crippen molar-refractivity contribution in [1.82, 2.24) is 21.3 Å². The van der Waals surface area contributed by atoms with Gasteiger partial charge < -0.3 is 21.3 Å². The van der Waals surface area contributed by atoms with Gasteiger partial charge in [-0.3, -0.25) is 0 Å². The third kappa shape index (κ3) is 130. The predicted octanol–water partition coefficient (Wildman–Crippen LogP) is 5.86. The van der Waals surface area contributed by atoms with Crippen LogP contribution in [0.5, 0.6) is 0 Å². The van der Waals surface area contributed by atoms with Gasteiger partial charge in [-0.25, -0.2) is 0 Å². The molecular weight excluding hydrogens is 519 g/mol. The van der Waals surface area contributed by atoms with E-state index in [1.165, 1.54) is 0 Å². The van der Waals surface area contributed by atoms with Crippen LogP contribution in [0.3, 0.4) is 0 Å². The molecule has 0 atom stereocenters. The molecule has 0 aliphatic carbocycles. The first kappa shape index (κ1) is 36.6. The highest BCUT2D eigenvalue weighted by Gasteiger charge is 1.77. The van der Waals surface area contributed by atoms with Crippen LogP contribution in [0, 0.1) is 0 Å². The molecule has 0 aliphatic heterocycles. The van der Waals surface area contributed by atoms with Crippen molar-refractivity contribution >= 4 is 50.5 Å². The van der Waals surface area contributed by atoms with E-state index in [1.807, 2.05) is 0 Å². The van der Waals surface area contributed by atoms with Crippen LogP contribution >= 0.6 is 50.5 Å². The van der Waals surface area contributed by atoms with Gasteiger partial charge in [-0.2, -0.15) is 0 Å². The van der Waals surface area contributed by atoms with Crippen LogP contribution in [0.15, 0.2) is 0 Å². The summed E-state index contributed by atoms with van der Waals surface area (Å²) in [5, 5.41) is 12.4. The second-order valence-electron chi connectivity index (χ2n) is 4.02. The monoisotopic (exact) mass is 560 g/mol. The van der Waals surface area contributed by atoms with Crippen molar-refractivity contribution in [2.75, 3.05) is 52.4 Å². The minimum atomic E-state index is -0.183. The first-order chi connectivity index (χ1) is 11.4. The van der Waals surface area contributed by atoms with E-state index in [9.17, 15) is 0 Å². The third-order valence-electron chi connectivity index (χ3n) is 2.00. The van der Waals surface area contributed by atoms with Gasteiger partial charge in [-0.1, -0.05) is 55.4 Å². The standard InChI is InChI=1S/4C4H11N.Br3P/c4*1-3-5-4-2;1-4(2)3/h4*5H,3-4H2,1-2H3;. The van der Waals surface area contributed by atoms with Crippen LogP contribution in [0.4, 0.5) is 0 Å². The summed E-state index contributed by atoms with van der Waals surface area (Å²) >= 11 is 9.51. The lowest BCUT2D eigenvalue weighted by molar-refractivity contribution is 0.762. The molecule has 0 aromatic heterocycles. The molecule has 24 heavy (non-hydrogen) atoms. The van der Waals surface area contributed by atoms with Gasteiger partial charge in [-0.15, -0.1) is 0 Å². The summed E-state index contributed by atoms with van der Waals surface area (Å²) in [6, 6.07) is 0. The number of hydrogen-bond donors (Lipinski definition) is 4. The van der Waals surface area contributed by atoms with E-state index in [-0.39, 0.29) is 4.03 Å². The zero-order valence-corrected chi connectivity index (χ0v) is 22.9. The average molecular weight is 563 g/mol. The molecule has 0 aliphatic rings. The fraction of sp³-hybridized carbons (Fsp3) is 1.00. The Morgan fingerprint density at radius 1 is 0.417 bits per heavy atom. The van der Waals surface area contributed by atoms with Gasteiger partial charge in [0, 0.05) is 0 Å². The van der Waals surface area contributed by atoms with Crippen molar-refractivity contribution in [3.8, 4) is 0 Å². The fourth-order valence-corrected chi connectivity index (χ4v) is 1.000. The maximum absolute atomic E-state index is 3.17. The number of nitrogens with one attached hydrogen (secondary N) is 4. The van der Waals surface area contributed by atoms with Crippen LogP contribution in [0.25, 0.3) is 0 Å². The van der Waals surface area contributed by atoms with Crippen molar-refractivity contribution in [3.63, 3.8) is 0 Å². The summed E-state index contributed by atoms with van der Waals surface area (Å²) in [5.41, 5.74) is 0. The summed E-state index contributed by atoms with van der Waals surface area (Å²) in [4.78, 5) is 0. The third-order valence-corrected chi connectivity index (χ3v) is 2.00. The Morgan fingerprint density at radius 3 is 0.500 bits per heavy atom. The van der Waals surface area contributed by atoms with Gasteiger partial charge >= 0.3 is 0 Å². The van der Waals surface area contributed by atoms with E-state index in [1.54, 1.807) is 0 Å². The molecule has 4 nitrogen and oxygen atoms in total. The Kier molecular flexibility index (Phi) is 75.9. The second kappa shape index (κ2) is 49.7. The van der Waals surface area contributed by atoms with Crippen LogP contribution in [-0.2, 0) is 0 Å². The molecule has 0 unspecified atom stereocenters. The fourth-order valence-electron chi connectivity index (χ4n) is 1.000. The minimum Gasteiger partial charge on any atom is -0.317 e. The minimum absolute atomic E-state index is 0.183. The SMILES string of the molecule is BrP(Br)Br.CCNCC.CCNCC.CCNCC.CCNCC. The van der Waals surface area contributed by atoms with E-state index in [2.05, 4.69) is 123 Å². The van der Waals surface area contributed by atoms with Gasteiger partial charge in [0.25, 0.3) is 0 Å². The maximum Gasteiger partial charge on any atom is 0.103 e. The molecule has 154 valence electrons. The van der Waals surface area contributed by atoms with Gasteiger partial charge in [0.15, 0.2) is 0 Å². The molecule has 0 heterocycles. The van der Waals surface area contributed by atoms with Crippen LogP contribution in [-0.4, -0.2) is 52.4 Å². The number of halogens is 3. The Morgan fingerprint density at radius 2 is 0.500 bits per heavy atom. The highest BCUT2D eigenvalue weighted by atomic mass is 80.0. The molecule has 0 bridgehead atoms. The molecule has 0 rings (SSSR count). The number of hydrogen-bond acceptors (Lipinski definition) is 4. The first-order valence-corrected chi connectivity index (χ1v) is 16.4. The normalized spacial score (nSPS) is 8.50. The molecular formula is C16H44Br3N4P. The summed E-state index contributed by atoms with van der Waals surface area (Å²) in [5.74, 6) is 0. The quantitative estimate of drug-likeness (QED) is 0.280. The van der Waals surface area contributed by atoms with E-state index >= 15 is 0 Å². The average Bonchev–Trinajstić information content (AvgIpc) is 2.52. The van der Waals surface area contributed by atoms with Crippen molar-refractivity contribution in [1.29, 1.82) is 0 Å². The Balaban J connectivity index is -0.0000000628. The zero-order chi connectivity index (χ0) is 20.1. The van der Waals surface area contributed by atoms with Crippen LogP contribution < -0.4 is 21.3 Å². The summed E-state index contributed by atoms with van der Waals surface area (Å²) in [6.45, 7) is 25.6. The van der Waals surface area contributed by atoms with Gasteiger partial charge in [0.2, 0.25) is 0 Å². The van der Waals surface area contributed by atoms with Crippen LogP contribution in [0.1, 0.15) is 55.4 Å². The van der Waals surface area contributed by atoms with Crippen molar-refractivity contribution in [2.45, 2.75) is 55.4 Å².